The summed E-state index contributed by atoms with van der Waals surface area (Å²) in [5.74, 6) is 1.33. The van der Waals surface area contributed by atoms with Gasteiger partial charge < -0.3 is 0 Å². The molecular weight excluding hydrogens is 437 g/mol. The van der Waals surface area contributed by atoms with Gasteiger partial charge in [0.25, 0.3) is 5.56 Å². The molecule has 0 radical (unpaired) electrons. The van der Waals surface area contributed by atoms with Crippen molar-refractivity contribution in [2.24, 2.45) is 0 Å². The predicted molar refractivity (Wildman–Crippen MR) is 128 cm³/mol. The van der Waals surface area contributed by atoms with E-state index in [-0.39, 0.29) is 11.4 Å². The minimum atomic E-state index is -0.363. The average molecular weight is 458 g/mol. The molecule has 164 valence electrons. The standard InChI is InChI=1S/C25H20FN5OS/c1-16-6-5-7-20(14-16)30-17(2)28-29-25(30)33-15-23-27-22-9-4-3-8-21(22)24(32)31(23)19-12-10-18(26)11-13-19/h3-14H,15H2,1-2H3. The van der Waals surface area contributed by atoms with Gasteiger partial charge in [0.05, 0.1) is 22.3 Å². The molecule has 0 atom stereocenters. The highest BCUT2D eigenvalue weighted by Gasteiger charge is 2.16. The first-order valence-electron chi connectivity index (χ1n) is 10.4. The topological polar surface area (TPSA) is 65.6 Å². The first kappa shape index (κ1) is 21.1. The third kappa shape index (κ3) is 4.05. The average Bonchev–Trinajstić information content (AvgIpc) is 3.19. The normalized spacial score (nSPS) is 11.2. The Hall–Kier alpha value is -3.78. The van der Waals surface area contributed by atoms with Gasteiger partial charge in [-0.15, -0.1) is 10.2 Å². The molecule has 6 nitrogen and oxygen atoms in total. The first-order chi connectivity index (χ1) is 16.0. The van der Waals surface area contributed by atoms with Crippen molar-refractivity contribution < 1.29 is 4.39 Å². The van der Waals surface area contributed by atoms with Crippen LogP contribution in [0, 0.1) is 19.7 Å². The number of rotatable bonds is 5. The Balaban J connectivity index is 1.59. The number of nitrogens with zero attached hydrogens (tertiary/aromatic N) is 5. The fourth-order valence-corrected chi connectivity index (χ4v) is 4.68. The molecule has 0 bridgehead atoms. The second-order valence-electron chi connectivity index (χ2n) is 7.66. The molecule has 0 fully saturated rings. The largest absolute Gasteiger partial charge is 0.274 e. The zero-order chi connectivity index (χ0) is 22.9. The summed E-state index contributed by atoms with van der Waals surface area (Å²) in [5.41, 5.74) is 3.10. The highest BCUT2D eigenvalue weighted by molar-refractivity contribution is 7.98. The van der Waals surface area contributed by atoms with Crippen LogP contribution in [-0.2, 0) is 5.75 Å². The fraction of sp³-hybridized carbons (Fsp3) is 0.120. The van der Waals surface area contributed by atoms with Gasteiger partial charge >= 0.3 is 0 Å². The van der Waals surface area contributed by atoms with Gasteiger partial charge in [0, 0.05) is 5.69 Å². The SMILES string of the molecule is Cc1cccc(-n2c(C)nnc2SCc2nc3ccccc3c(=O)n2-c2ccc(F)cc2)c1. The number of hydrogen-bond acceptors (Lipinski definition) is 5. The van der Waals surface area contributed by atoms with E-state index in [1.165, 1.54) is 28.5 Å². The summed E-state index contributed by atoms with van der Waals surface area (Å²) < 4.78 is 17.1. The van der Waals surface area contributed by atoms with Crippen LogP contribution in [0.2, 0.25) is 0 Å². The molecule has 3 aromatic carbocycles. The second-order valence-corrected chi connectivity index (χ2v) is 8.60. The molecule has 5 aromatic rings. The summed E-state index contributed by atoms with van der Waals surface area (Å²) in [6.45, 7) is 3.94. The van der Waals surface area contributed by atoms with Gasteiger partial charge in [-0.2, -0.15) is 0 Å². The second kappa shape index (κ2) is 8.63. The Morgan fingerprint density at radius 1 is 0.879 bits per heavy atom. The van der Waals surface area contributed by atoms with Crippen LogP contribution in [0.1, 0.15) is 17.2 Å². The van der Waals surface area contributed by atoms with E-state index < -0.39 is 0 Å². The fourth-order valence-electron chi connectivity index (χ4n) is 3.76. The van der Waals surface area contributed by atoms with Crippen LogP contribution in [0.3, 0.4) is 0 Å². The van der Waals surface area contributed by atoms with Crippen LogP contribution in [-0.4, -0.2) is 24.3 Å². The molecule has 0 aliphatic rings. The summed E-state index contributed by atoms with van der Waals surface area (Å²) >= 11 is 1.44. The van der Waals surface area contributed by atoms with E-state index in [4.69, 9.17) is 4.98 Å². The van der Waals surface area contributed by atoms with Crippen molar-refractivity contribution >= 4 is 22.7 Å². The van der Waals surface area contributed by atoms with E-state index in [2.05, 4.69) is 16.3 Å². The molecule has 0 aliphatic carbocycles. The van der Waals surface area contributed by atoms with Crippen molar-refractivity contribution in [3.05, 3.63) is 106 Å². The molecule has 0 aliphatic heterocycles. The van der Waals surface area contributed by atoms with Crippen LogP contribution in [0.25, 0.3) is 22.3 Å². The van der Waals surface area contributed by atoms with Crippen molar-refractivity contribution in [3.63, 3.8) is 0 Å². The molecule has 0 unspecified atom stereocenters. The quantitative estimate of drug-likeness (QED) is 0.347. The lowest BCUT2D eigenvalue weighted by Gasteiger charge is -2.14. The number of halogens is 1. The van der Waals surface area contributed by atoms with E-state index >= 15 is 0 Å². The Morgan fingerprint density at radius 2 is 1.67 bits per heavy atom. The Labute approximate surface area is 193 Å². The summed E-state index contributed by atoms with van der Waals surface area (Å²) in [7, 11) is 0. The van der Waals surface area contributed by atoms with Gasteiger partial charge in [-0.25, -0.2) is 9.37 Å². The van der Waals surface area contributed by atoms with Gasteiger partial charge in [0.2, 0.25) is 0 Å². The molecule has 0 N–H and O–H groups in total. The Kier molecular flexibility index (Phi) is 5.51. The number of aryl methyl sites for hydroxylation is 2. The molecule has 2 heterocycles. The third-order valence-corrected chi connectivity index (χ3v) is 6.24. The number of benzene rings is 3. The van der Waals surface area contributed by atoms with Gasteiger partial charge in [-0.1, -0.05) is 36.0 Å². The predicted octanol–water partition coefficient (Wildman–Crippen LogP) is 5.01. The molecule has 0 amide bonds. The van der Waals surface area contributed by atoms with Gasteiger partial charge in [-0.3, -0.25) is 13.9 Å². The van der Waals surface area contributed by atoms with Crippen LogP contribution < -0.4 is 5.56 Å². The Morgan fingerprint density at radius 3 is 2.45 bits per heavy atom. The number of fused-ring (bicyclic) bond motifs is 1. The summed E-state index contributed by atoms with van der Waals surface area (Å²) in [6, 6.07) is 21.2. The minimum absolute atomic E-state index is 0.195. The van der Waals surface area contributed by atoms with E-state index in [1.54, 1.807) is 18.2 Å². The number of para-hydroxylation sites is 1. The van der Waals surface area contributed by atoms with E-state index in [1.807, 2.05) is 54.8 Å². The van der Waals surface area contributed by atoms with Crippen molar-refractivity contribution in [2.75, 3.05) is 0 Å². The summed E-state index contributed by atoms with van der Waals surface area (Å²) in [6.07, 6.45) is 0. The first-order valence-corrected chi connectivity index (χ1v) is 11.4. The summed E-state index contributed by atoms with van der Waals surface area (Å²) in [5, 5.41) is 9.81. The van der Waals surface area contributed by atoms with Crippen molar-refractivity contribution in [1.82, 2.24) is 24.3 Å². The van der Waals surface area contributed by atoms with Crippen LogP contribution in [0.15, 0.2) is 82.7 Å². The van der Waals surface area contributed by atoms with Gasteiger partial charge in [-0.05, 0) is 67.9 Å². The molecule has 5 rings (SSSR count). The van der Waals surface area contributed by atoms with Crippen molar-refractivity contribution in [2.45, 2.75) is 24.8 Å². The lowest BCUT2D eigenvalue weighted by molar-refractivity contribution is 0.627. The molecule has 8 heteroatoms. The maximum Gasteiger partial charge on any atom is 0.265 e. The maximum absolute atomic E-state index is 13.5. The number of aromatic nitrogens is 5. The van der Waals surface area contributed by atoms with Crippen LogP contribution >= 0.6 is 11.8 Å². The van der Waals surface area contributed by atoms with Gasteiger partial charge in [0.1, 0.15) is 17.5 Å². The maximum atomic E-state index is 13.5. The monoisotopic (exact) mass is 457 g/mol. The molecule has 33 heavy (non-hydrogen) atoms. The zero-order valence-corrected chi connectivity index (χ0v) is 18.9. The highest BCUT2D eigenvalue weighted by Crippen LogP contribution is 2.26. The van der Waals surface area contributed by atoms with E-state index in [9.17, 15) is 9.18 Å². The van der Waals surface area contributed by atoms with Crippen LogP contribution in [0.5, 0.6) is 0 Å². The third-order valence-electron chi connectivity index (χ3n) is 5.32. The summed E-state index contributed by atoms with van der Waals surface area (Å²) in [4.78, 5) is 18.1. The molecular formula is C25H20FN5OS. The minimum Gasteiger partial charge on any atom is -0.274 e. The lowest BCUT2D eigenvalue weighted by Crippen LogP contribution is -2.23. The van der Waals surface area contributed by atoms with Crippen molar-refractivity contribution in [3.8, 4) is 11.4 Å². The molecule has 0 saturated heterocycles. The number of thioether (sulfide) groups is 1. The molecule has 2 aromatic heterocycles. The molecule has 0 spiro atoms. The zero-order valence-electron chi connectivity index (χ0n) is 18.1. The highest BCUT2D eigenvalue weighted by atomic mass is 32.2. The van der Waals surface area contributed by atoms with Crippen molar-refractivity contribution in [1.29, 1.82) is 0 Å². The van der Waals surface area contributed by atoms with Gasteiger partial charge in [0.15, 0.2) is 5.16 Å². The van der Waals surface area contributed by atoms with E-state index in [0.717, 1.165) is 17.1 Å². The van der Waals surface area contributed by atoms with Crippen LogP contribution in [0.4, 0.5) is 4.39 Å². The number of hydrogen-bond donors (Lipinski definition) is 0. The molecule has 0 saturated carbocycles. The Bertz CT molecular complexity index is 1520. The van der Waals surface area contributed by atoms with E-state index in [0.29, 0.717) is 33.3 Å². The smallest absolute Gasteiger partial charge is 0.265 e. The lowest BCUT2D eigenvalue weighted by atomic mass is 10.2.